The third-order valence-electron chi connectivity index (χ3n) is 2.52. The number of rotatable bonds is 2. The molecular weight excluding hydrogens is 287 g/mol. The van der Waals surface area contributed by atoms with Crippen LogP contribution in [0, 0.1) is 0 Å². The predicted octanol–water partition coefficient (Wildman–Crippen LogP) is 0.887. The molecule has 2 heterocycles. The summed E-state index contributed by atoms with van der Waals surface area (Å²) in [5, 5.41) is 8.82. The van der Waals surface area contributed by atoms with Gasteiger partial charge in [0.25, 0.3) is 0 Å². The number of hydrogen-bond acceptors (Lipinski definition) is 4. The first kappa shape index (κ1) is 12.8. The Bertz CT molecular complexity index is 459. The Kier molecular flexibility index (Phi) is 3.40. The molecule has 2 rings (SSSR count). The lowest BCUT2D eigenvalue weighted by Crippen LogP contribution is -2.68. The molecule has 0 aromatic rings. The van der Waals surface area contributed by atoms with Crippen LogP contribution in [-0.4, -0.2) is 39.1 Å². The Balaban J connectivity index is 2.44. The van der Waals surface area contributed by atoms with E-state index in [0.29, 0.717) is 11.3 Å². The van der Waals surface area contributed by atoms with Crippen molar-refractivity contribution in [1.29, 1.82) is 0 Å². The van der Waals surface area contributed by atoms with E-state index in [2.05, 4.69) is 0 Å². The first-order valence-corrected chi connectivity index (χ1v) is 6.43. The summed E-state index contributed by atoms with van der Waals surface area (Å²) in [5.41, 5.74) is 5.92. The Morgan fingerprint density at radius 1 is 1.59 bits per heavy atom. The lowest BCUT2D eigenvalue weighted by atomic mass is 10.0. The number of aliphatic carboxylic acids is 1. The molecule has 1 fully saturated rings. The van der Waals surface area contributed by atoms with E-state index >= 15 is 0 Å². The summed E-state index contributed by atoms with van der Waals surface area (Å²) in [7, 11) is 0. The second-order valence-corrected chi connectivity index (χ2v) is 5.66. The van der Waals surface area contributed by atoms with Crippen molar-refractivity contribution < 1.29 is 14.7 Å². The van der Waals surface area contributed by atoms with Gasteiger partial charge < -0.3 is 10.8 Å². The highest BCUT2D eigenvalue weighted by Gasteiger charge is 2.51. The van der Waals surface area contributed by atoms with Gasteiger partial charge in [0.15, 0.2) is 0 Å². The van der Waals surface area contributed by atoms with E-state index in [-0.39, 0.29) is 15.6 Å². The molecule has 0 aromatic heterocycles. The van der Waals surface area contributed by atoms with Crippen LogP contribution < -0.4 is 5.73 Å². The Morgan fingerprint density at radius 3 is 2.76 bits per heavy atom. The molecular formula is C9H8Cl2N2O3S. The molecule has 8 heteroatoms. The zero-order valence-electron chi connectivity index (χ0n) is 8.39. The maximum absolute atomic E-state index is 11.5. The van der Waals surface area contributed by atoms with Crippen LogP contribution in [0.5, 0.6) is 0 Å². The van der Waals surface area contributed by atoms with Gasteiger partial charge in [-0.15, -0.1) is 11.8 Å². The van der Waals surface area contributed by atoms with Crippen molar-refractivity contribution in [3.8, 4) is 0 Å². The van der Waals surface area contributed by atoms with Crippen molar-refractivity contribution in [3.63, 3.8) is 0 Å². The highest BCUT2D eigenvalue weighted by molar-refractivity contribution is 8.00. The molecule has 0 bridgehead atoms. The molecule has 1 amide bonds. The molecule has 0 saturated carbocycles. The number of thioether (sulfide) groups is 1. The van der Waals surface area contributed by atoms with E-state index in [9.17, 15) is 9.59 Å². The number of carbonyl (C=O) groups is 2. The van der Waals surface area contributed by atoms with E-state index < -0.39 is 17.9 Å². The number of carbonyl (C=O) groups excluding carboxylic acids is 1. The Morgan fingerprint density at radius 2 is 2.24 bits per heavy atom. The maximum Gasteiger partial charge on any atom is 0.352 e. The van der Waals surface area contributed by atoms with Gasteiger partial charge in [-0.2, -0.15) is 0 Å². The predicted molar refractivity (Wildman–Crippen MR) is 65.5 cm³/mol. The van der Waals surface area contributed by atoms with E-state index in [1.165, 1.54) is 22.7 Å². The number of fused-ring (bicyclic) bond motifs is 1. The smallest absolute Gasteiger partial charge is 0.352 e. The molecule has 5 nitrogen and oxygen atoms in total. The van der Waals surface area contributed by atoms with Crippen LogP contribution in [0.2, 0.25) is 0 Å². The number of amides is 1. The van der Waals surface area contributed by atoms with Crippen molar-refractivity contribution >= 4 is 46.8 Å². The molecule has 0 aromatic carbocycles. The number of β-lactam (4-membered cyclic amide) rings is 1. The van der Waals surface area contributed by atoms with Crippen molar-refractivity contribution in [2.24, 2.45) is 5.73 Å². The summed E-state index contributed by atoms with van der Waals surface area (Å²) in [6, 6.07) is -0.633. The number of carboxylic acid groups (broad SMARTS) is 1. The number of halogens is 2. The molecule has 0 aliphatic carbocycles. The Labute approximate surface area is 111 Å². The third-order valence-corrected chi connectivity index (χ3v) is 4.07. The summed E-state index contributed by atoms with van der Waals surface area (Å²) >= 11 is 12.4. The quantitative estimate of drug-likeness (QED) is 0.739. The molecule has 0 spiro atoms. The first-order valence-electron chi connectivity index (χ1n) is 4.63. The first-order chi connectivity index (χ1) is 7.93. The second kappa shape index (κ2) is 4.53. The van der Waals surface area contributed by atoms with Crippen molar-refractivity contribution in [1.82, 2.24) is 4.90 Å². The lowest BCUT2D eigenvalue weighted by Gasteiger charge is -2.47. The highest BCUT2D eigenvalue weighted by Crippen LogP contribution is 2.40. The average Bonchev–Trinajstić information content (AvgIpc) is 2.26. The zero-order chi connectivity index (χ0) is 12.7. The van der Waals surface area contributed by atoms with Crippen LogP contribution >= 0.6 is 35.0 Å². The van der Waals surface area contributed by atoms with Crippen LogP contribution in [0.1, 0.15) is 0 Å². The highest BCUT2D eigenvalue weighted by atomic mass is 35.5. The number of nitrogens with two attached hydrogens (primary N) is 1. The van der Waals surface area contributed by atoms with E-state index in [1.54, 1.807) is 0 Å². The van der Waals surface area contributed by atoms with Gasteiger partial charge in [-0.1, -0.05) is 23.2 Å². The lowest BCUT2D eigenvalue weighted by molar-refractivity contribution is -0.147. The summed E-state index contributed by atoms with van der Waals surface area (Å²) in [6.07, 6.45) is 1.34. The van der Waals surface area contributed by atoms with Crippen molar-refractivity contribution in [3.05, 3.63) is 21.8 Å². The molecule has 3 N–H and O–H groups in total. The van der Waals surface area contributed by atoms with E-state index in [4.69, 9.17) is 34.0 Å². The van der Waals surface area contributed by atoms with Gasteiger partial charge in [-0.25, -0.2) is 4.79 Å². The molecule has 1 unspecified atom stereocenters. The fourth-order valence-corrected chi connectivity index (χ4v) is 3.30. The largest absolute Gasteiger partial charge is 0.477 e. The summed E-state index contributed by atoms with van der Waals surface area (Å²) in [5.74, 6) is -1.17. The van der Waals surface area contributed by atoms with Crippen LogP contribution in [0.4, 0.5) is 0 Å². The van der Waals surface area contributed by atoms with Crippen molar-refractivity contribution in [2.75, 3.05) is 5.75 Å². The minimum Gasteiger partial charge on any atom is -0.477 e. The Hall–Kier alpha value is -0.690. The molecule has 17 heavy (non-hydrogen) atoms. The van der Waals surface area contributed by atoms with Gasteiger partial charge in [-0.3, -0.25) is 9.69 Å². The third kappa shape index (κ3) is 2.06. The summed E-state index contributed by atoms with van der Waals surface area (Å²) in [6.45, 7) is 0. The topological polar surface area (TPSA) is 83.6 Å². The second-order valence-electron chi connectivity index (χ2n) is 3.55. The normalized spacial score (nSPS) is 27.5. The zero-order valence-corrected chi connectivity index (χ0v) is 10.7. The van der Waals surface area contributed by atoms with E-state index in [0.717, 1.165) is 0 Å². The van der Waals surface area contributed by atoms with Gasteiger partial charge in [0.1, 0.15) is 21.6 Å². The molecule has 2 atom stereocenters. The van der Waals surface area contributed by atoms with Gasteiger partial charge in [0.2, 0.25) is 5.91 Å². The van der Waals surface area contributed by atoms with E-state index in [1.807, 2.05) is 0 Å². The van der Waals surface area contributed by atoms with Crippen LogP contribution in [0.25, 0.3) is 0 Å². The maximum atomic E-state index is 11.5. The van der Waals surface area contributed by atoms with Crippen LogP contribution in [0.15, 0.2) is 21.8 Å². The number of carboxylic acids is 1. The van der Waals surface area contributed by atoms with Crippen LogP contribution in [0.3, 0.4) is 0 Å². The van der Waals surface area contributed by atoms with Gasteiger partial charge in [0.05, 0.1) is 0 Å². The summed E-state index contributed by atoms with van der Waals surface area (Å²) in [4.78, 5) is 23.9. The molecule has 2 aliphatic heterocycles. The fraction of sp³-hybridized carbons (Fsp3) is 0.333. The van der Waals surface area contributed by atoms with Gasteiger partial charge in [-0.05, 0) is 11.6 Å². The average molecular weight is 295 g/mol. The monoisotopic (exact) mass is 294 g/mol. The number of hydrogen-bond donors (Lipinski definition) is 2. The van der Waals surface area contributed by atoms with Gasteiger partial charge >= 0.3 is 5.97 Å². The standard InChI is InChI=1S/C9H8Cl2N2O3S/c10-4(11)1-3-2-17-8-5(12)7(14)13(8)6(3)9(15)16/h1,5,8H,2,12H2,(H,15,16)/t5?,8-/m0/s1. The minimum absolute atomic E-state index is 0.0462. The van der Waals surface area contributed by atoms with Gasteiger partial charge in [0, 0.05) is 5.75 Å². The molecule has 2 aliphatic rings. The number of nitrogens with zero attached hydrogens (tertiary/aromatic N) is 1. The molecule has 1 saturated heterocycles. The minimum atomic E-state index is -1.18. The van der Waals surface area contributed by atoms with Crippen LogP contribution in [-0.2, 0) is 9.59 Å². The van der Waals surface area contributed by atoms with Crippen molar-refractivity contribution in [2.45, 2.75) is 11.4 Å². The molecule has 92 valence electrons. The SMILES string of the molecule is NC1C(=O)N2C(C(=O)O)=C(C=C(Cl)Cl)CS[C@@H]12. The molecule has 0 radical (unpaired) electrons. The summed E-state index contributed by atoms with van der Waals surface area (Å²) < 4.78 is -0.0462. The fourth-order valence-electron chi connectivity index (χ4n) is 1.78. The number of allylic oxidation sites excluding steroid dienone is 1.